The maximum absolute atomic E-state index is 4.20. The predicted octanol–water partition coefficient (Wildman–Crippen LogP) is 2.24. The van der Waals surface area contributed by atoms with Crippen LogP contribution in [-0.4, -0.2) is 15.5 Å². The fraction of sp³-hybridized carbons (Fsp3) is 0.444. The van der Waals surface area contributed by atoms with E-state index in [0.29, 0.717) is 0 Å². The molecular formula is C9H14N2S. The SMILES string of the molecule is CCCn1cc(C=CCS)cn1. The fourth-order valence-corrected chi connectivity index (χ4v) is 1.11. The molecule has 1 aromatic heterocycles. The van der Waals surface area contributed by atoms with Crippen molar-refractivity contribution in [1.82, 2.24) is 9.78 Å². The van der Waals surface area contributed by atoms with Gasteiger partial charge in [-0.25, -0.2) is 0 Å². The number of hydrogen-bond acceptors (Lipinski definition) is 2. The third kappa shape index (κ3) is 2.74. The summed E-state index contributed by atoms with van der Waals surface area (Å²) in [5.74, 6) is 0.777. The highest BCUT2D eigenvalue weighted by Gasteiger charge is 1.92. The number of thiol groups is 1. The Balaban J connectivity index is 2.57. The average molecular weight is 182 g/mol. The normalized spacial score (nSPS) is 11.2. The number of rotatable bonds is 4. The largest absolute Gasteiger partial charge is 0.272 e. The van der Waals surface area contributed by atoms with Gasteiger partial charge in [-0.15, -0.1) is 0 Å². The van der Waals surface area contributed by atoms with Crippen molar-refractivity contribution in [3.05, 3.63) is 24.0 Å². The summed E-state index contributed by atoms with van der Waals surface area (Å²) in [6.45, 7) is 3.14. The molecular weight excluding hydrogens is 168 g/mol. The van der Waals surface area contributed by atoms with Crippen LogP contribution in [0.25, 0.3) is 6.08 Å². The monoisotopic (exact) mass is 182 g/mol. The Labute approximate surface area is 78.7 Å². The first-order valence-corrected chi connectivity index (χ1v) is 4.80. The maximum Gasteiger partial charge on any atom is 0.0562 e. The number of hydrogen-bond donors (Lipinski definition) is 1. The minimum absolute atomic E-state index is 0.777. The topological polar surface area (TPSA) is 17.8 Å². The van der Waals surface area contributed by atoms with Gasteiger partial charge >= 0.3 is 0 Å². The molecule has 0 N–H and O–H groups in total. The highest BCUT2D eigenvalue weighted by atomic mass is 32.1. The molecule has 0 radical (unpaired) electrons. The van der Waals surface area contributed by atoms with Gasteiger partial charge in [-0.2, -0.15) is 17.7 Å². The summed E-state index contributed by atoms with van der Waals surface area (Å²) in [5.41, 5.74) is 1.15. The summed E-state index contributed by atoms with van der Waals surface area (Å²) in [6.07, 6.45) is 9.08. The molecule has 66 valence electrons. The van der Waals surface area contributed by atoms with Crippen LogP contribution in [0.5, 0.6) is 0 Å². The van der Waals surface area contributed by atoms with Crippen molar-refractivity contribution in [3.8, 4) is 0 Å². The number of nitrogens with zero attached hydrogens (tertiary/aromatic N) is 2. The van der Waals surface area contributed by atoms with Gasteiger partial charge in [0, 0.05) is 24.1 Å². The summed E-state index contributed by atoms with van der Waals surface area (Å²) in [6, 6.07) is 0. The van der Waals surface area contributed by atoms with Crippen LogP contribution in [0.4, 0.5) is 0 Å². The fourth-order valence-electron chi connectivity index (χ4n) is 1.01. The molecule has 12 heavy (non-hydrogen) atoms. The lowest BCUT2D eigenvalue weighted by Gasteiger charge is -1.93. The Morgan fingerprint density at radius 2 is 2.50 bits per heavy atom. The molecule has 3 heteroatoms. The van der Waals surface area contributed by atoms with E-state index in [2.05, 4.69) is 24.7 Å². The zero-order valence-electron chi connectivity index (χ0n) is 7.27. The van der Waals surface area contributed by atoms with Gasteiger partial charge in [0.2, 0.25) is 0 Å². The van der Waals surface area contributed by atoms with Gasteiger partial charge in [0.05, 0.1) is 6.20 Å². The number of aromatic nitrogens is 2. The van der Waals surface area contributed by atoms with Gasteiger partial charge in [0.25, 0.3) is 0 Å². The van der Waals surface area contributed by atoms with E-state index in [0.717, 1.165) is 24.3 Å². The van der Waals surface area contributed by atoms with Crippen LogP contribution in [0.3, 0.4) is 0 Å². The highest BCUT2D eigenvalue weighted by molar-refractivity contribution is 7.80. The van der Waals surface area contributed by atoms with E-state index < -0.39 is 0 Å². The quantitative estimate of drug-likeness (QED) is 0.707. The third-order valence-electron chi connectivity index (χ3n) is 1.52. The second-order valence-electron chi connectivity index (χ2n) is 2.62. The van der Waals surface area contributed by atoms with E-state index in [-0.39, 0.29) is 0 Å². The third-order valence-corrected chi connectivity index (χ3v) is 1.73. The molecule has 1 heterocycles. The van der Waals surface area contributed by atoms with Crippen molar-refractivity contribution in [3.63, 3.8) is 0 Å². The maximum atomic E-state index is 4.20. The van der Waals surface area contributed by atoms with E-state index in [1.165, 1.54) is 0 Å². The van der Waals surface area contributed by atoms with Gasteiger partial charge in [-0.3, -0.25) is 4.68 Å². The summed E-state index contributed by atoms with van der Waals surface area (Å²) in [7, 11) is 0. The van der Waals surface area contributed by atoms with E-state index in [4.69, 9.17) is 0 Å². The Morgan fingerprint density at radius 3 is 3.17 bits per heavy atom. The molecule has 2 nitrogen and oxygen atoms in total. The lowest BCUT2D eigenvalue weighted by molar-refractivity contribution is 0.602. The van der Waals surface area contributed by atoms with Crippen LogP contribution in [0.1, 0.15) is 18.9 Å². The van der Waals surface area contributed by atoms with Gasteiger partial charge in [0.1, 0.15) is 0 Å². The molecule has 0 aliphatic carbocycles. The zero-order chi connectivity index (χ0) is 8.81. The standard InChI is InChI=1S/C9H14N2S/c1-2-5-11-8-9(7-10-11)4-3-6-12/h3-4,7-8,12H,2,5-6H2,1H3. The van der Waals surface area contributed by atoms with Crippen LogP contribution in [0.2, 0.25) is 0 Å². The van der Waals surface area contributed by atoms with Gasteiger partial charge < -0.3 is 0 Å². The minimum Gasteiger partial charge on any atom is -0.272 e. The van der Waals surface area contributed by atoms with Gasteiger partial charge in [0.15, 0.2) is 0 Å². The molecule has 0 saturated carbocycles. The van der Waals surface area contributed by atoms with E-state index >= 15 is 0 Å². The first kappa shape index (κ1) is 9.39. The molecule has 1 rings (SSSR count). The zero-order valence-corrected chi connectivity index (χ0v) is 8.17. The van der Waals surface area contributed by atoms with E-state index in [9.17, 15) is 0 Å². The van der Waals surface area contributed by atoms with Crippen molar-refractivity contribution in [1.29, 1.82) is 0 Å². The molecule has 1 aromatic rings. The number of aryl methyl sites for hydroxylation is 1. The molecule has 0 bridgehead atoms. The summed E-state index contributed by atoms with van der Waals surface area (Å²) in [4.78, 5) is 0. The Kier molecular flexibility index (Phi) is 3.94. The molecule has 0 aliphatic heterocycles. The Bertz CT molecular complexity index is 253. The molecule has 0 amide bonds. The van der Waals surface area contributed by atoms with Crippen LogP contribution < -0.4 is 0 Å². The molecule has 0 spiro atoms. The molecule has 0 atom stereocenters. The minimum atomic E-state index is 0.777. The Morgan fingerprint density at radius 1 is 1.67 bits per heavy atom. The van der Waals surface area contributed by atoms with Crippen LogP contribution in [-0.2, 0) is 6.54 Å². The first-order chi connectivity index (χ1) is 5.86. The second kappa shape index (κ2) is 5.04. The lowest BCUT2D eigenvalue weighted by Crippen LogP contribution is -1.95. The molecule has 0 aliphatic rings. The van der Waals surface area contributed by atoms with Crippen LogP contribution >= 0.6 is 12.6 Å². The van der Waals surface area contributed by atoms with Crippen LogP contribution in [0.15, 0.2) is 18.5 Å². The summed E-state index contributed by atoms with van der Waals surface area (Å²) < 4.78 is 1.96. The predicted molar refractivity (Wildman–Crippen MR) is 55.4 cm³/mol. The molecule has 0 unspecified atom stereocenters. The lowest BCUT2D eigenvalue weighted by atomic mass is 10.3. The molecule has 0 aromatic carbocycles. The second-order valence-corrected chi connectivity index (χ2v) is 2.99. The van der Waals surface area contributed by atoms with Crippen LogP contribution in [0, 0.1) is 0 Å². The van der Waals surface area contributed by atoms with E-state index in [1.54, 1.807) is 0 Å². The van der Waals surface area contributed by atoms with Gasteiger partial charge in [-0.05, 0) is 6.42 Å². The molecule has 0 saturated heterocycles. The van der Waals surface area contributed by atoms with Crippen molar-refractivity contribution < 1.29 is 0 Å². The molecule has 0 fully saturated rings. The first-order valence-electron chi connectivity index (χ1n) is 4.16. The van der Waals surface area contributed by atoms with Crippen molar-refractivity contribution >= 4 is 18.7 Å². The van der Waals surface area contributed by atoms with E-state index in [1.807, 2.05) is 29.2 Å². The average Bonchev–Trinajstić information content (AvgIpc) is 2.50. The van der Waals surface area contributed by atoms with Crippen molar-refractivity contribution in [2.75, 3.05) is 5.75 Å². The smallest absolute Gasteiger partial charge is 0.0562 e. The van der Waals surface area contributed by atoms with Crippen molar-refractivity contribution in [2.24, 2.45) is 0 Å². The van der Waals surface area contributed by atoms with Crippen molar-refractivity contribution in [2.45, 2.75) is 19.9 Å². The van der Waals surface area contributed by atoms with Gasteiger partial charge in [-0.1, -0.05) is 19.1 Å². The summed E-state index contributed by atoms with van der Waals surface area (Å²) >= 11 is 4.08. The summed E-state index contributed by atoms with van der Waals surface area (Å²) in [5, 5.41) is 4.20. The highest BCUT2D eigenvalue weighted by Crippen LogP contribution is 2.01. The Hall–Kier alpha value is -0.700.